The van der Waals surface area contributed by atoms with E-state index in [4.69, 9.17) is 11.6 Å². The highest BCUT2D eigenvalue weighted by atomic mass is 79.9. The van der Waals surface area contributed by atoms with Gasteiger partial charge in [-0.3, -0.25) is 0 Å². The Morgan fingerprint density at radius 2 is 1.75 bits per heavy atom. The molecule has 0 aliphatic heterocycles. The quantitative estimate of drug-likeness (QED) is 0.859. The molecule has 0 atom stereocenters. The van der Waals surface area contributed by atoms with E-state index in [0.717, 1.165) is 14.6 Å². The zero-order valence-electron chi connectivity index (χ0n) is 7.92. The molecule has 1 N–H and O–H groups in total. The Hall–Kier alpha value is -0.650. The molecule has 0 spiro atoms. The van der Waals surface area contributed by atoms with Gasteiger partial charge in [0.1, 0.15) is 0 Å². The molecule has 3 nitrogen and oxygen atoms in total. The summed E-state index contributed by atoms with van der Waals surface area (Å²) in [5.74, 6) is 0.503. The topological polar surface area (TPSA) is 37.8 Å². The second kappa shape index (κ2) is 5.12. The van der Waals surface area contributed by atoms with Crippen molar-refractivity contribution in [2.24, 2.45) is 0 Å². The van der Waals surface area contributed by atoms with Gasteiger partial charge < -0.3 is 5.32 Å². The summed E-state index contributed by atoms with van der Waals surface area (Å²) in [6.45, 7) is 0. The average Bonchev–Trinajstić information content (AvgIpc) is 2.27. The molecule has 0 bridgehead atoms. The first kappa shape index (κ1) is 11.8. The first-order valence-corrected chi connectivity index (χ1v) is 6.31. The van der Waals surface area contributed by atoms with E-state index in [1.54, 1.807) is 18.5 Å². The van der Waals surface area contributed by atoms with Crippen LogP contribution in [0.15, 0.2) is 39.5 Å². The molecule has 2 rings (SSSR count). The number of hydrogen-bond donors (Lipinski definition) is 1. The molecule has 1 aromatic carbocycles. The predicted octanol–water partition coefficient (Wildman–Crippen LogP) is 4.40. The zero-order valence-corrected chi connectivity index (χ0v) is 11.8. The van der Waals surface area contributed by atoms with Crippen molar-refractivity contribution in [2.75, 3.05) is 5.32 Å². The van der Waals surface area contributed by atoms with Crippen molar-refractivity contribution in [2.45, 2.75) is 0 Å². The number of anilines is 2. The number of nitrogens with zero attached hydrogens (tertiary/aromatic N) is 2. The Bertz CT molecular complexity index is 502. The lowest BCUT2D eigenvalue weighted by Gasteiger charge is -2.06. The van der Waals surface area contributed by atoms with Crippen LogP contribution in [-0.2, 0) is 0 Å². The third-order valence-electron chi connectivity index (χ3n) is 1.80. The average molecular weight is 363 g/mol. The van der Waals surface area contributed by atoms with Crippen molar-refractivity contribution in [1.29, 1.82) is 0 Å². The summed E-state index contributed by atoms with van der Waals surface area (Å²) < 4.78 is 1.77. The molecule has 0 fully saturated rings. The van der Waals surface area contributed by atoms with E-state index in [9.17, 15) is 0 Å². The fraction of sp³-hybridized carbons (Fsp3) is 0. The van der Waals surface area contributed by atoms with Crippen LogP contribution in [0.1, 0.15) is 0 Å². The molecule has 0 radical (unpaired) electrons. The van der Waals surface area contributed by atoms with Crippen LogP contribution in [0.25, 0.3) is 0 Å². The highest BCUT2D eigenvalue weighted by Crippen LogP contribution is 2.27. The Labute approximate surface area is 115 Å². The normalized spacial score (nSPS) is 10.2. The lowest BCUT2D eigenvalue weighted by Crippen LogP contribution is -1.96. The fourth-order valence-corrected chi connectivity index (χ4v) is 1.82. The smallest absolute Gasteiger partial charge is 0.227 e. The minimum absolute atomic E-state index is 0.503. The van der Waals surface area contributed by atoms with Crippen molar-refractivity contribution in [3.05, 3.63) is 44.6 Å². The Morgan fingerprint density at radius 1 is 1.06 bits per heavy atom. The van der Waals surface area contributed by atoms with Crippen molar-refractivity contribution in [3.63, 3.8) is 0 Å². The van der Waals surface area contributed by atoms with E-state index in [0.29, 0.717) is 11.0 Å². The largest absolute Gasteiger partial charge is 0.323 e. The lowest BCUT2D eigenvalue weighted by atomic mass is 10.3. The summed E-state index contributed by atoms with van der Waals surface area (Å²) >= 11 is 12.7. The van der Waals surface area contributed by atoms with Crippen LogP contribution in [0, 0.1) is 0 Å². The molecule has 16 heavy (non-hydrogen) atoms. The van der Waals surface area contributed by atoms with Crippen LogP contribution >= 0.6 is 43.5 Å². The van der Waals surface area contributed by atoms with E-state index in [1.165, 1.54) is 0 Å². The van der Waals surface area contributed by atoms with Gasteiger partial charge in [-0.1, -0.05) is 27.5 Å². The first-order chi connectivity index (χ1) is 7.65. The molecule has 0 saturated carbocycles. The Morgan fingerprint density at radius 3 is 2.44 bits per heavy atom. The Balaban J connectivity index is 2.26. The van der Waals surface area contributed by atoms with Crippen LogP contribution in [-0.4, -0.2) is 9.97 Å². The fourth-order valence-electron chi connectivity index (χ4n) is 1.09. The number of nitrogens with one attached hydrogen (secondary N) is 1. The number of benzene rings is 1. The van der Waals surface area contributed by atoms with Crippen molar-refractivity contribution in [1.82, 2.24) is 9.97 Å². The third kappa shape index (κ3) is 2.93. The second-order valence-electron chi connectivity index (χ2n) is 2.97. The summed E-state index contributed by atoms with van der Waals surface area (Å²) in [5.41, 5.74) is 0.762. The summed E-state index contributed by atoms with van der Waals surface area (Å²) in [4.78, 5) is 8.20. The molecule has 1 aromatic heterocycles. The highest BCUT2D eigenvalue weighted by molar-refractivity contribution is 9.10. The van der Waals surface area contributed by atoms with Crippen molar-refractivity contribution < 1.29 is 0 Å². The number of aromatic nitrogens is 2. The minimum Gasteiger partial charge on any atom is -0.323 e. The van der Waals surface area contributed by atoms with Crippen molar-refractivity contribution in [3.8, 4) is 0 Å². The predicted molar refractivity (Wildman–Crippen MR) is 72.2 cm³/mol. The first-order valence-electron chi connectivity index (χ1n) is 4.35. The van der Waals surface area contributed by atoms with E-state index >= 15 is 0 Å². The summed E-state index contributed by atoms with van der Waals surface area (Å²) in [5, 5.41) is 3.66. The monoisotopic (exact) mass is 361 g/mol. The lowest BCUT2D eigenvalue weighted by molar-refractivity contribution is 1.15. The van der Waals surface area contributed by atoms with Crippen molar-refractivity contribution >= 4 is 55.1 Å². The van der Waals surface area contributed by atoms with Gasteiger partial charge in [0, 0.05) is 16.9 Å². The molecule has 0 aliphatic carbocycles. The molecule has 0 aliphatic rings. The molecular weight excluding hydrogens is 357 g/mol. The van der Waals surface area contributed by atoms with Crippen LogP contribution in [0.3, 0.4) is 0 Å². The van der Waals surface area contributed by atoms with Gasteiger partial charge in [-0.15, -0.1) is 0 Å². The van der Waals surface area contributed by atoms with E-state index in [1.807, 2.05) is 12.1 Å². The summed E-state index contributed by atoms with van der Waals surface area (Å²) in [6.07, 6.45) is 3.34. The molecule has 2 aromatic rings. The molecule has 0 unspecified atom stereocenters. The molecular formula is C10H6Br2ClN3. The zero-order chi connectivity index (χ0) is 11.5. The van der Waals surface area contributed by atoms with E-state index < -0.39 is 0 Å². The Kier molecular flexibility index (Phi) is 3.78. The standard InChI is InChI=1S/C10H6Br2ClN3/c11-6-1-2-8(13)9(3-6)16-10-14-4-7(12)5-15-10/h1-5H,(H,14,15,16). The van der Waals surface area contributed by atoms with Gasteiger partial charge in [0.05, 0.1) is 15.2 Å². The highest BCUT2D eigenvalue weighted by Gasteiger charge is 2.03. The van der Waals surface area contributed by atoms with Gasteiger partial charge in [-0.05, 0) is 34.1 Å². The van der Waals surface area contributed by atoms with Gasteiger partial charge in [0.15, 0.2) is 0 Å². The van der Waals surface area contributed by atoms with Crippen LogP contribution in [0.4, 0.5) is 11.6 Å². The molecule has 0 saturated heterocycles. The number of hydrogen-bond acceptors (Lipinski definition) is 3. The maximum Gasteiger partial charge on any atom is 0.227 e. The van der Waals surface area contributed by atoms with E-state index in [2.05, 4.69) is 47.1 Å². The summed E-state index contributed by atoms with van der Waals surface area (Å²) in [6, 6.07) is 5.54. The van der Waals surface area contributed by atoms with Crippen LogP contribution in [0.5, 0.6) is 0 Å². The molecule has 82 valence electrons. The summed E-state index contributed by atoms with van der Waals surface area (Å²) in [7, 11) is 0. The molecule has 0 amide bonds. The van der Waals surface area contributed by atoms with Gasteiger partial charge in [0.25, 0.3) is 0 Å². The number of rotatable bonds is 2. The van der Waals surface area contributed by atoms with Crippen LogP contribution < -0.4 is 5.32 Å². The van der Waals surface area contributed by atoms with Gasteiger partial charge in [-0.25, -0.2) is 9.97 Å². The number of halogens is 3. The van der Waals surface area contributed by atoms with E-state index in [-0.39, 0.29) is 0 Å². The van der Waals surface area contributed by atoms with Gasteiger partial charge in [-0.2, -0.15) is 0 Å². The maximum absolute atomic E-state index is 6.03. The van der Waals surface area contributed by atoms with Crippen LogP contribution in [0.2, 0.25) is 5.02 Å². The molecule has 6 heteroatoms. The van der Waals surface area contributed by atoms with Gasteiger partial charge in [0.2, 0.25) is 5.95 Å². The van der Waals surface area contributed by atoms with Gasteiger partial charge >= 0.3 is 0 Å². The SMILES string of the molecule is Clc1ccc(Br)cc1Nc1ncc(Br)cn1. The third-order valence-corrected chi connectivity index (χ3v) is 3.03. The minimum atomic E-state index is 0.503. The second-order valence-corrected chi connectivity index (χ2v) is 5.21. The maximum atomic E-state index is 6.03. The molecule has 1 heterocycles.